The van der Waals surface area contributed by atoms with Crippen molar-refractivity contribution in [3.05, 3.63) is 68.3 Å². The Morgan fingerprint density at radius 2 is 1.89 bits per heavy atom. The Morgan fingerprint density at radius 3 is 2.61 bits per heavy atom. The predicted octanol–water partition coefficient (Wildman–Crippen LogP) is 4.33. The molecule has 2 heteroatoms. The molecule has 0 saturated heterocycles. The summed E-state index contributed by atoms with van der Waals surface area (Å²) in [4.78, 5) is 12.2. The topological polar surface area (TPSA) is 17.1 Å². The zero-order chi connectivity index (χ0) is 13.1. The van der Waals surface area contributed by atoms with E-state index in [0.29, 0.717) is 6.42 Å². The first-order valence-corrected chi connectivity index (χ1v) is 6.99. The highest BCUT2D eigenvalue weighted by Gasteiger charge is 2.09. The van der Waals surface area contributed by atoms with Gasteiger partial charge in [-0.1, -0.05) is 35.9 Å². The van der Waals surface area contributed by atoms with Crippen molar-refractivity contribution in [2.75, 3.05) is 0 Å². The number of ketones is 1. The van der Waals surface area contributed by atoms with Crippen molar-refractivity contribution in [2.24, 2.45) is 0 Å². The first-order chi connectivity index (χ1) is 8.56. The predicted molar refractivity (Wildman–Crippen MR) is 83.1 cm³/mol. The number of halogens is 1. The second kappa shape index (κ2) is 5.65. The molecule has 1 nitrogen and oxygen atoms in total. The molecule has 2 aromatic carbocycles. The maximum Gasteiger partial charge on any atom is 0.167 e. The van der Waals surface area contributed by atoms with Crippen LogP contribution in [-0.4, -0.2) is 5.78 Å². The maximum atomic E-state index is 12.2. The summed E-state index contributed by atoms with van der Waals surface area (Å²) >= 11 is 2.23. The zero-order valence-corrected chi connectivity index (χ0v) is 12.7. The average Bonchev–Trinajstić information content (AvgIpc) is 2.34. The maximum absolute atomic E-state index is 12.2. The van der Waals surface area contributed by atoms with E-state index in [4.69, 9.17) is 0 Å². The number of carbonyl (C=O) groups excluding carboxylic acids is 1. The fourth-order valence-electron chi connectivity index (χ4n) is 1.93. The van der Waals surface area contributed by atoms with Crippen LogP contribution in [0.3, 0.4) is 0 Å². The van der Waals surface area contributed by atoms with Crippen molar-refractivity contribution in [1.29, 1.82) is 0 Å². The molecular weight excluding hydrogens is 335 g/mol. The van der Waals surface area contributed by atoms with E-state index in [0.717, 1.165) is 14.7 Å². The molecule has 0 aromatic heterocycles. The molecule has 18 heavy (non-hydrogen) atoms. The Kier molecular flexibility index (Phi) is 4.17. The van der Waals surface area contributed by atoms with Gasteiger partial charge < -0.3 is 0 Å². The molecule has 0 aliphatic carbocycles. The van der Waals surface area contributed by atoms with Gasteiger partial charge in [0.25, 0.3) is 0 Å². The second-order valence-corrected chi connectivity index (χ2v) is 5.79. The summed E-state index contributed by atoms with van der Waals surface area (Å²) in [7, 11) is 0. The Labute approximate surface area is 121 Å². The third-order valence-electron chi connectivity index (χ3n) is 3.00. The van der Waals surface area contributed by atoms with Crippen LogP contribution >= 0.6 is 22.6 Å². The summed E-state index contributed by atoms with van der Waals surface area (Å²) < 4.78 is 1.10. The van der Waals surface area contributed by atoms with Gasteiger partial charge >= 0.3 is 0 Å². The quantitative estimate of drug-likeness (QED) is 0.595. The monoisotopic (exact) mass is 350 g/mol. The lowest BCUT2D eigenvalue weighted by atomic mass is 9.98. The van der Waals surface area contributed by atoms with Gasteiger partial charge in [0.15, 0.2) is 5.78 Å². The van der Waals surface area contributed by atoms with Gasteiger partial charge in [-0.05, 0) is 59.7 Å². The molecule has 0 saturated carbocycles. The van der Waals surface area contributed by atoms with E-state index in [1.807, 2.05) is 24.3 Å². The number of benzene rings is 2. The van der Waals surface area contributed by atoms with E-state index in [-0.39, 0.29) is 5.78 Å². The molecule has 0 heterocycles. The summed E-state index contributed by atoms with van der Waals surface area (Å²) in [6.07, 6.45) is 0.480. The molecule has 92 valence electrons. The average molecular weight is 350 g/mol. The molecule has 0 N–H and O–H groups in total. The van der Waals surface area contributed by atoms with Crippen LogP contribution in [0.4, 0.5) is 0 Å². The molecule has 0 bridgehead atoms. The van der Waals surface area contributed by atoms with Crippen LogP contribution in [0.15, 0.2) is 42.5 Å². The molecule has 0 spiro atoms. The normalized spacial score (nSPS) is 10.4. The fraction of sp³-hybridized carbons (Fsp3) is 0.188. The molecule has 0 atom stereocenters. The summed E-state index contributed by atoms with van der Waals surface area (Å²) in [6, 6.07) is 14.0. The van der Waals surface area contributed by atoms with Crippen molar-refractivity contribution >= 4 is 28.4 Å². The molecular formula is C16H15IO. The van der Waals surface area contributed by atoms with Gasteiger partial charge in [-0.25, -0.2) is 0 Å². The van der Waals surface area contributed by atoms with Crippen LogP contribution in [0.2, 0.25) is 0 Å². The van der Waals surface area contributed by atoms with Crippen LogP contribution in [-0.2, 0) is 6.42 Å². The number of hydrogen-bond donors (Lipinski definition) is 0. The van der Waals surface area contributed by atoms with E-state index in [1.54, 1.807) is 0 Å². The zero-order valence-electron chi connectivity index (χ0n) is 10.5. The number of rotatable bonds is 3. The van der Waals surface area contributed by atoms with E-state index < -0.39 is 0 Å². The summed E-state index contributed by atoms with van der Waals surface area (Å²) in [6.45, 7) is 4.11. The molecule has 0 amide bonds. The van der Waals surface area contributed by atoms with E-state index in [2.05, 4.69) is 54.6 Å². The van der Waals surface area contributed by atoms with Gasteiger partial charge in [-0.2, -0.15) is 0 Å². The third-order valence-corrected chi connectivity index (χ3v) is 3.67. The lowest BCUT2D eigenvalue weighted by Gasteiger charge is -2.07. The second-order valence-electron chi connectivity index (χ2n) is 4.54. The van der Waals surface area contributed by atoms with Crippen LogP contribution in [0.1, 0.15) is 27.0 Å². The van der Waals surface area contributed by atoms with Gasteiger partial charge in [0.2, 0.25) is 0 Å². The first-order valence-electron chi connectivity index (χ1n) is 5.91. The van der Waals surface area contributed by atoms with Gasteiger partial charge in [-0.15, -0.1) is 0 Å². The first kappa shape index (κ1) is 13.3. The molecule has 2 aromatic rings. The van der Waals surface area contributed by atoms with Gasteiger partial charge in [0, 0.05) is 15.6 Å². The smallest absolute Gasteiger partial charge is 0.167 e. The SMILES string of the molecule is Cc1ccc(C)c(CC(=O)c2cccc(I)c2)c1. The minimum Gasteiger partial charge on any atom is -0.294 e. The van der Waals surface area contributed by atoms with E-state index in [1.165, 1.54) is 11.1 Å². The summed E-state index contributed by atoms with van der Waals surface area (Å²) in [5, 5.41) is 0. The van der Waals surface area contributed by atoms with E-state index in [9.17, 15) is 4.79 Å². The van der Waals surface area contributed by atoms with Gasteiger partial charge in [0.05, 0.1) is 0 Å². The van der Waals surface area contributed by atoms with Crippen molar-refractivity contribution in [2.45, 2.75) is 20.3 Å². The Balaban J connectivity index is 2.24. The number of carbonyl (C=O) groups is 1. The van der Waals surface area contributed by atoms with Crippen LogP contribution in [0.25, 0.3) is 0 Å². The van der Waals surface area contributed by atoms with Crippen LogP contribution < -0.4 is 0 Å². The summed E-state index contributed by atoms with van der Waals surface area (Å²) in [5.74, 6) is 0.183. The highest BCUT2D eigenvalue weighted by Crippen LogP contribution is 2.15. The molecule has 0 aliphatic rings. The fourth-order valence-corrected chi connectivity index (χ4v) is 2.47. The summed E-state index contributed by atoms with van der Waals surface area (Å²) in [5.41, 5.74) is 4.30. The van der Waals surface area contributed by atoms with Crippen molar-refractivity contribution < 1.29 is 4.79 Å². The highest BCUT2D eigenvalue weighted by atomic mass is 127. The van der Waals surface area contributed by atoms with Gasteiger partial charge in [0.1, 0.15) is 0 Å². The number of hydrogen-bond acceptors (Lipinski definition) is 1. The Bertz CT molecular complexity index is 587. The largest absolute Gasteiger partial charge is 0.294 e. The molecule has 0 fully saturated rings. The van der Waals surface area contributed by atoms with Gasteiger partial charge in [-0.3, -0.25) is 4.79 Å². The van der Waals surface area contributed by atoms with Crippen molar-refractivity contribution in [3.8, 4) is 0 Å². The van der Waals surface area contributed by atoms with Crippen LogP contribution in [0, 0.1) is 17.4 Å². The van der Waals surface area contributed by atoms with Crippen LogP contribution in [0.5, 0.6) is 0 Å². The van der Waals surface area contributed by atoms with Crippen molar-refractivity contribution in [3.63, 3.8) is 0 Å². The lowest BCUT2D eigenvalue weighted by Crippen LogP contribution is -2.05. The molecule has 0 aliphatic heterocycles. The minimum atomic E-state index is 0.183. The van der Waals surface area contributed by atoms with E-state index >= 15 is 0 Å². The lowest BCUT2D eigenvalue weighted by molar-refractivity contribution is 0.0992. The molecule has 0 radical (unpaired) electrons. The van der Waals surface area contributed by atoms with Crippen molar-refractivity contribution in [1.82, 2.24) is 0 Å². The standard InChI is InChI=1S/C16H15IO/c1-11-6-7-12(2)14(8-11)10-16(18)13-4-3-5-15(17)9-13/h3-9H,10H2,1-2H3. The molecule has 2 rings (SSSR count). The number of Topliss-reactive ketones (excluding diaryl/α,β-unsaturated/α-hetero) is 1. The Hall–Kier alpha value is -1.16. The number of aryl methyl sites for hydroxylation is 2. The minimum absolute atomic E-state index is 0.183. The Morgan fingerprint density at radius 1 is 1.11 bits per heavy atom. The highest BCUT2D eigenvalue weighted by molar-refractivity contribution is 14.1. The third kappa shape index (κ3) is 3.19. The molecule has 0 unspecified atom stereocenters.